The molecule has 0 atom stereocenters. The van der Waals surface area contributed by atoms with Gasteiger partial charge >= 0.3 is 0 Å². The number of hydrogen-bond acceptors (Lipinski definition) is 6. The van der Waals surface area contributed by atoms with Crippen molar-refractivity contribution in [3.05, 3.63) is 41.7 Å². The summed E-state index contributed by atoms with van der Waals surface area (Å²) in [6, 6.07) is 7.80. The summed E-state index contributed by atoms with van der Waals surface area (Å²) in [4.78, 5) is 31.4. The van der Waals surface area contributed by atoms with E-state index in [0.717, 1.165) is 37.2 Å². The molecular weight excluding hydrogens is 368 g/mol. The van der Waals surface area contributed by atoms with E-state index in [-0.39, 0.29) is 24.4 Å². The first-order chi connectivity index (χ1) is 14.2. The van der Waals surface area contributed by atoms with Crippen LogP contribution in [0.1, 0.15) is 44.1 Å². The van der Waals surface area contributed by atoms with Crippen molar-refractivity contribution in [2.45, 2.75) is 51.0 Å². The van der Waals surface area contributed by atoms with E-state index in [1.54, 1.807) is 6.08 Å². The normalized spacial score (nSPS) is 20.4. The maximum Gasteiger partial charge on any atom is 0.164 e. The zero-order chi connectivity index (χ0) is 20.1. The molecule has 29 heavy (non-hydrogen) atoms. The number of rotatable bonds is 7. The van der Waals surface area contributed by atoms with E-state index < -0.39 is 0 Å². The second-order valence-corrected chi connectivity index (χ2v) is 7.99. The Bertz CT molecular complexity index is 818. The maximum atomic E-state index is 12.6. The summed E-state index contributed by atoms with van der Waals surface area (Å²) in [5.74, 6) is 1.58. The number of carbonyl (C=O) groups is 2. The fourth-order valence-electron chi connectivity index (χ4n) is 4.13. The van der Waals surface area contributed by atoms with Crippen LogP contribution in [0.4, 0.5) is 0 Å². The van der Waals surface area contributed by atoms with Crippen LogP contribution < -0.4 is 4.74 Å². The van der Waals surface area contributed by atoms with E-state index in [1.807, 2.05) is 24.3 Å². The van der Waals surface area contributed by atoms with Gasteiger partial charge < -0.3 is 14.4 Å². The Morgan fingerprint density at radius 1 is 1.17 bits per heavy atom. The van der Waals surface area contributed by atoms with Crippen LogP contribution in [0.15, 0.2) is 41.2 Å². The highest BCUT2D eigenvalue weighted by Crippen LogP contribution is 2.25. The molecule has 4 rings (SSSR count). The standard InChI is InChI=1S/C23H28N2O4/c26-19(12-17-4-3-7-22(13-17)29-21-5-1-2-6-21)14-18-15-20(27)16-23(24-18)25-8-10-28-11-9-25/h3-4,7,13,16,21H,1-2,5-6,8-12,14-15H2. The Morgan fingerprint density at radius 3 is 2.76 bits per heavy atom. The number of hydrogen-bond donors (Lipinski definition) is 0. The average Bonchev–Trinajstić information content (AvgIpc) is 3.21. The summed E-state index contributed by atoms with van der Waals surface area (Å²) in [6.45, 7) is 2.71. The lowest BCUT2D eigenvalue weighted by molar-refractivity contribution is -0.117. The topological polar surface area (TPSA) is 68.2 Å². The summed E-state index contributed by atoms with van der Waals surface area (Å²) in [6.07, 6.45) is 7.32. The summed E-state index contributed by atoms with van der Waals surface area (Å²) in [5, 5.41) is 0. The molecule has 154 valence electrons. The van der Waals surface area contributed by atoms with Gasteiger partial charge in [-0.3, -0.25) is 9.59 Å². The van der Waals surface area contributed by atoms with E-state index in [4.69, 9.17) is 9.47 Å². The Hall–Kier alpha value is -2.47. The molecular formula is C23H28N2O4. The van der Waals surface area contributed by atoms with Crippen LogP contribution in [-0.4, -0.2) is 54.6 Å². The van der Waals surface area contributed by atoms with Crippen molar-refractivity contribution in [3.8, 4) is 5.75 Å². The molecule has 1 aliphatic carbocycles. The Balaban J connectivity index is 1.35. The van der Waals surface area contributed by atoms with Crippen LogP contribution in [0.25, 0.3) is 0 Å². The van der Waals surface area contributed by atoms with Gasteiger partial charge in [-0.1, -0.05) is 12.1 Å². The van der Waals surface area contributed by atoms with Crippen LogP contribution in [0, 0.1) is 0 Å². The van der Waals surface area contributed by atoms with Crippen molar-refractivity contribution in [1.82, 2.24) is 4.90 Å². The highest BCUT2D eigenvalue weighted by atomic mass is 16.5. The third kappa shape index (κ3) is 5.54. The van der Waals surface area contributed by atoms with Gasteiger partial charge in [0, 0.05) is 44.1 Å². The minimum absolute atomic E-state index is 0.0104. The Morgan fingerprint density at radius 2 is 1.97 bits per heavy atom. The van der Waals surface area contributed by atoms with Crippen LogP contribution in [0.2, 0.25) is 0 Å². The second-order valence-electron chi connectivity index (χ2n) is 7.99. The van der Waals surface area contributed by atoms with Gasteiger partial charge in [-0.25, -0.2) is 4.99 Å². The number of ether oxygens (including phenoxy) is 2. The van der Waals surface area contributed by atoms with E-state index >= 15 is 0 Å². The molecule has 0 aromatic heterocycles. The van der Waals surface area contributed by atoms with Crippen LogP contribution >= 0.6 is 0 Å². The zero-order valence-corrected chi connectivity index (χ0v) is 16.8. The molecule has 1 saturated heterocycles. The first-order valence-corrected chi connectivity index (χ1v) is 10.6. The number of carbonyl (C=O) groups excluding carboxylic acids is 2. The lowest BCUT2D eigenvalue weighted by Crippen LogP contribution is -2.36. The highest BCUT2D eigenvalue weighted by Gasteiger charge is 2.22. The summed E-state index contributed by atoms with van der Waals surface area (Å²) >= 11 is 0. The molecule has 0 amide bonds. The minimum atomic E-state index is 0.0104. The summed E-state index contributed by atoms with van der Waals surface area (Å²) < 4.78 is 11.4. The van der Waals surface area contributed by atoms with Crippen molar-refractivity contribution >= 4 is 17.3 Å². The van der Waals surface area contributed by atoms with Gasteiger partial charge in [-0.15, -0.1) is 0 Å². The van der Waals surface area contributed by atoms with E-state index in [1.165, 1.54) is 12.8 Å². The summed E-state index contributed by atoms with van der Waals surface area (Å²) in [7, 11) is 0. The lowest BCUT2D eigenvalue weighted by atomic mass is 10.0. The number of allylic oxidation sites excluding steroid dienone is 1. The van der Waals surface area contributed by atoms with Crippen molar-refractivity contribution in [1.29, 1.82) is 0 Å². The number of nitrogens with zero attached hydrogens (tertiary/aromatic N) is 2. The molecule has 1 saturated carbocycles. The predicted molar refractivity (Wildman–Crippen MR) is 110 cm³/mol. The quantitative estimate of drug-likeness (QED) is 0.708. The molecule has 2 aliphatic heterocycles. The molecule has 1 aromatic carbocycles. The third-order valence-corrected chi connectivity index (χ3v) is 5.58. The molecule has 0 N–H and O–H groups in total. The Labute approximate surface area is 171 Å². The first-order valence-electron chi connectivity index (χ1n) is 10.6. The second kappa shape index (κ2) is 9.35. The van der Waals surface area contributed by atoms with Crippen molar-refractivity contribution in [2.75, 3.05) is 26.3 Å². The summed E-state index contributed by atoms with van der Waals surface area (Å²) in [5.41, 5.74) is 1.60. The molecule has 0 spiro atoms. The Kier molecular flexibility index (Phi) is 6.39. The molecule has 2 heterocycles. The van der Waals surface area contributed by atoms with E-state index in [0.29, 0.717) is 37.3 Å². The van der Waals surface area contributed by atoms with Gasteiger partial charge in [-0.2, -0.15) is 0 Å². The molecule has 0 unspecified atom stereocenters. The van der Waals surface area contributed by atoms with Crippen LogP contribution in [-0.2, 0) is 20.7 Å². The number of morpholine rings is 1. The smallest absolute Gasteiger partial charge is 0.164 e. The molecule has 0 radical (unpaired) electrons. The average molecular weight is 396 g/mol. The minimum Gasteiger partial charge on any atom is -0.490 e. The zero-order valence-electron chi connectivity index (χ0n) is 16.8. The largest absolute Gasteiger partial charge is 0.490 e. The van der Waals surface area contributed by atoms with Gasteiger partial charge in [0.1, 0.15) is 17.4 Å². The number of Topliss-reactive ketones (excluding diaryl/α,β-unsaturated/α-hetero) is 1. The van der Waals surface area contributed by atoms with Crippen LogP contribution in [0.5, 0.6) is 5.75 Å². The highest BCUT2D eigenvalue weighted by molar-refractivity contribution is 6.14. The SMILES string of the molecule is O=C1C=C(N2CCOCC2)N=C(CC(=O)Cc2cccc(OC3CCCC3)c2)C1. The van der Waals surface area contributed by atoms with Crippen molar-refractivity contribution in [3.63, 3.8) is 0 Å². The van der Waals surface area contributed by atoms with Crippen LogP contribution in [0.3, 0.4) is 0 Å². The fraction of sp³-hybridized carbons (Fsp3) is 0.522. The monoisotopic (exact) mass is 396 g/mol. The van der Waals surface area contributed by atoms with Crippen molar-refractivity contribution < 1.29 is 19.1 Å². The van der Waals surface area contributed by atoms with Gasteiger partial charge in [-0.05, 0) is 43.4 Å². The number of ketones is 2. The molecule has 2 fully saturated rings. The molecule has 6 nitrogen and oxygen atoms in total. The molecule has 0 bridgehead atoms. The van der Waals surface area contributed by atoms with Gasteiger partial charge in [0.25, 0.3) is 0 Å². The van der Waals surface area contributed by atoms with Crippen molar-refractivity contribution in [2.24, 2.45) is 4.99 Å². The van der Waals surface area contributed by atoms with Gasteiger partial charge in [0.2, 0.25) is 0 Å². The maximum absolute atomic E-state index is 12.6. The fourth-order valence-corrected chi connectivity index (χ4v) is 4.13. The molecule has 3 aliphatic rings. The number of aliphatic imine (C=N–C) groups is 1. The third-order valence-electron chi connectivity index (χ3n) is 5.58. The van der Waals surface area contributed by atoms with Gasteiger partial charge in [0.15, 0.2) is 5.78 Å². The van der Waals surface area contributed by atoms with Gasteiger partial charge in [0.05, 0.1) is 19.3 Å². The van der Waals surface area contributed by atoms with E-state index in [2.05, 4.69) is 9.89 Å². The molecule has 6 heteroatoms. The predicted octanol–water partition coefficient (Wildman–Crippen LogP) is 3.10. The molecule has 1 aromatic rings. The number of benzene rings is 1. The van der Waals surface area contributed by atoms with E-state index in [9.17, 15) is 9.59 Å². The lowest BCUT2D eigenvalue weighted by Gasteiger charge is -2.30. The first kappa shape index (κ1) is 19.8.